The lowest BCUT2D eigenvalue weighted by Crippen LogP contribution is -2.39. The number of rotatable bonds is 0. The van der Waals surface area contributed by atoms with E-state index in [1.165, 1.54) is 31.4 Å². The van der Waals surface area contributed by atoms with Crippen LogP contribution in [0.1, 0.15) is 30.9 Å². The standard InChI is InChI=1S/C12H15NO/c1-2-7-12-10(5-1)11-6-3-4-8-13(11)9-14-12/h1-2,5,7,11H,3-4,6,8-9H2. The van der Waals surface area contributed by atoms with E-state index in [-0.39, 0.29) is 0 Å². The monoisotopic (exact) mass is 189 g/mol. The van der Waals surface area contributed by atoms with E-state index in [0.29, 0.717) is 6.04 Å². The van der Waals surface area contributed by atoms with Crippen molar-refractivity contribution in [2.75, 3.05) is 13.3 Å². The molecule has 2 nitrogen and oxygen atoms in total. The van der Waals surface area contributed by atoms with Gasteiger partial charge in [0.1, 0.15) is 12.5 Å². The average Bonchev–Trinajstić information content (AvgIpc) is 2.29. The van der Waals surface area contributed by atoms with Crippen LogP contribution in [0.15, 0.2) is 24.3 Å². The SMILES string of the molecule is c1ccc2c(c1)OCN1CCCCC21. The Labute approximate surface area is 84.5 Å². The molecule has 0 N–H and O–H groups in total. The Morgan fingerprint density at radius 1 is 1.21 bits per heavy atom. The minimum absolute atomic E-state index is 0.619. The number of nitrogens with zero attached hydrogens (tertiary/aromatic N) is 1. The van der Waals surface area contributed by atoms with Crippen molar-refractivity contribution >= 4 is 0 Å². The second-order valence-electron chi connectivity index (χ2n) is 4.14. The molecule has 0 spiro atoms. The molecule has 1 aromatic carbocycles. The Hall–Kier alpha value is -1.02. The summed E-state index contributed by atoms with van der Waals surface area (Å²) in [5.41, 5.74) is 1.39. The van der Waals surface area contributed by atoms with Gasteiger partial charge in [-0.1, -0.05) is 24.6 Å². The molecule has 1 unspecified atom stereocenters. The average molecular weight is 189 g/mol. The van der Waals surface area contributed by atoms with Crippen LogP contribution in [-0.4, -0.2) is 18.2 Å². The van der Waals surface area contributed by atoms with Gasteiger partial charge in [0.05, 0.1) is 0 Å². The largest absolute Gasteiger partial charge is 0.478 e. The van der Waals surface area contributed by atoms with Gasteiger partial charge in [-0.3, -0.25) is 4.90 Å². The molecular formula is C12H15NO. The van der Waals surface area contributed by atoms with E-state index in [1.54, 1.807) is 0 Å². The highest BCUT2D eigenvalue weighted by Gasteiger charge is 2.29. The Morgan fingerprint density at radius 2 is 2.14 bits per heavy atom. The zero-order valence-electron chi connectivity index (χ0n) is 8.28. The zero-order chi connectivity index (χ0) is 9.38. The first-order chi connectivity index (χ1) is 6.95. The van der Waals surface area contributed by atoms with Gasteiger partial charge in [0, 0.05) is 18.2 Å². The molecular weight excluding hydrogens is 174 g/mol. The van der Waals surface area contributed by atoms with Crippen LogP contribution in [0.2, 0.25) is 0 Å². The van der Waals surface area contributed by atoms with Crippen molar-refractivity contribution in [1.29, 1.82) is 0 Å². The van der Waals surface area contributed by atoms with Crippen LogP contribution in [0.3, 0.4) is 0 Å². The summed E-state index contributed by atoms with van der Waals surface area (Å²) in [5, 5.41) is 0. The first kappa shape index (κ1) is 8.30. The van der Waals surface area contributed by atoms with Crippen molar-refractivity contribution in [2.45, 2.75) is 25.3 Å². The second kappa shape index (κ2) is 3.28. The lowest BCUT2D eigenvalue weighted by atomic mass is 9.94. The van der Waals surface area contributed by atoms with E-state index in [4.69, 9.17) is 4.74 Å². The van der Waals surface area contributed by atoms with Crippen LogP contribution < -0.4 is 4.74 Å². The van der Waals surface area contributed by atoms with Gasteiger partial charge in [-0.05, 0) is 18.9 Å². The van der Waals surface area contributed by atoms with Crippen molar-refractivity contribution in [3.05, 3.63) is 29.8 Å². The number of hydrogen-bond donors (Lipinski definition) is 0. The molecule has 0 radical (unpaired) electrons. The number of ether oxygens (including phenoxy) is 1. The van der Waals surface area contributed by atoms with Crippen LogP contribution >= 0.6 is 0 Å². The summed E-state index contributed by atoms with van der Waals surface area (Å²) in [6.45, 7) is 1.97. The van der Waals surface area contributed by atoms with Crippen molar-refractivity contribution in [3.8, 4) is 5.75 Å². The highest BCUT2D eigenvalue weighted by atomic mass is 16.5. The molecule has 2 aliphatic rings. The van der Waals surface area contributed by atoms with Gasteiger partial charge in [-0.25, -0.2) is 0 Å². The molecule has 74 valence electrons. The molecule has 1 saturated heterocycles. The number of fused-ring (bicyclic) bond motifs is 3. The molecule has 1 fully saturated rings. The molecule has 0 amide bonds. The molecule has 2 heteroatoms. The van der Waals surface area contributed by atoms with E-state index in [0.717, 1.165) is 12.5 Å². The fraction of sp³-hybridized carbons (Fsp3) is 0.500. The van der Waals surface area contributed by atoms with Crippen molar-refractivity contribution in [2.24, 2.45) is 0 Å². The van der Waals surface area contributed by atoms with Gasteiger partial charge in [-0.15, -0.1) is 0 Å². The summed E-state index contributed by atoms with van der Waals surface area (Å²) in [4.78, 5) is 2.45. The fourth-order valence-electron chi connectivity index (χ4n) is 2.54. The maximum Gasteiger partial charge on any atom is 0.142 e. The molecule has 0 aromatic heterocycles. The maximum atomic E-state index is 5.72. The van der Waals surface area contributed by atoms with E-state index < -0.39 is 0 Å². The Kier molecular flexibility index (Phi) is 1.95. The summed E-state index contributed by atoms with van der Waals surface area (Å²) in [6.07, 6.45) is 3.97. The molecule has 0 bridgehead atoms. The zero-order valence-corrected chi connectivity index (χ0v) is 8.28. The van der Waals surface area contributed by atoms with Gasteiger partial charge in [0.2, 0.25) is 0 Å². The Bertz CT molecular complexity index is 337. The van der Waals surface area contributed by atoms with Crippen LogP contribution in [0.25, 0.3) is 0 Å². The molecule has 1 aromatic rings. The first-order valence-electron chi connectivity index (χ1n) is 5.41. The summed E-state index contributed by atoms with van der Waals surface area (Å²) in [6, 6.07) is 9.07. The Balaban J connectivity index is 1.99. The molecule has 14 heavy (non-hydrogen) atoms. The number of para-hydroxylation sites is 1. The summed E-state index contributed by atoms with van der Waals surface area (Å²) >= 11 is 0. The summed E-state index contributed by atoms with van der Waals surface area (Å²) in [7, 11) is 0. The van der Waals surface area contributed by atoms with Gasteiger partial charge in [0.25, 0.3) is 0 Å². The van der Waals surface area contributed by atoms with Crippen LogP contribution in [0.5, 0.6) is 5.75 Å². The summed E-state index contributed by atoms with van der Waals surface area (Å²) in [5.74, 6) is 1.09. The third-order valence-electron chi connectivity index (χ3n) is 3.28. The van der Waals surface area contributed by atoms with E-state index in [2.05, 4.69) is 29.2 Å². The van der Waals surface area contributed by atoms with Crippen LogP contribution in [0, 0.1) is 0 Å². The Morgan fingerprint density at radius 3 is 3.14 bits per heavy atom. The van der Waals surface area contributed by atoms with Crippen LogP contribution in [-0.2, 0) is 0 Å². The predicted octanol–water partition coefficient (Wildman–Crippen LogP) is 2.56. The lowest BCUT2D eigenvalue weighted by molar-refractivity contribution is 0.0340. The molecule has 2 aliphatic heterocycles. The van der Waals surface area contributed by atoms with E-state index in [1.807, 2.05) is 0 Å². The van der Waals surface area contributed by atoms with Crippen molar-refractivity contribution in [3.63, 3.8) is 0 Å². The maximum absolute atomic E-state index is 5.72. The van der Waals surface area contributed by atoms with Crippen molar-refractivity contribution in [1.82, 2.24) is 4.90 Å². The first-order valence-corrected chi connectivity index (χ1v) is 5.41. The van der Waals surface area contributed by atoms with E-state index >= 15 is 0 Å². The molecule has 3 rings (SSSR count). The minimum Gasteiger partial charge on any atom is -0.478 e. The van der Waals surface area contributed by atoms with Gasteiger partial charge in [-0.2, -0.15) is 0 Å². The predicted molar refractivity (Wildman–Crippen MR) is 55.2 cm³/mol. The number of hydrogen-bond acceptors (Lipinski definition) is 2. The van der Waals surface area contributed by atoms with Crippen molar-refractivity contribution < 1.29 is 4.74 Å². The third-order valence-corrected chi connectivity index (χ3v) is 3.28. The molecule has 0 aliphatic carbocycles. The molecule has 2 heterocycles. The molecule has 0 saturated carbocycles. The third kappa shape index (κ3) is 1.22. The number of benzene rings is 1. The highest BCUT2D eigenvalue weighted by molar-refractivity contribution is 5.37. The molecule has 1 atom stereocenters. The summed E-state index contributed by atoms with van der Waals surface area (Å²) < 4.78 is 5.72. The lowest BCUT2D eigenvalue weighted by Gasteiger charge is -2.39. The van der Waals surface area contributed by atoms with Gasteiger partial charge >= 0.3 is 0 Å². The quantitative estimate of drug-likeness (QED) is 0.622. The normalized spacial score (nSPS) is 26.1. The van der Waals surface area contributed by atoms with E-state index in [9.17, 15) is 0 Å². The number of piperidine rings is 1. The van der Waals surface area contributed by atoms with Crippen LogP contribution in [0.4, 0.5) is 0 Å². The van der Waals surface area contributed by atoms with Gasteiger partial charge < -0.3 is 4.74 Å². The smallest absolute Gasteiger partial charge is 0.142 e. The minimum atomic E-state index is 0.619. The highest BCUT2D eigenvalue weighted by Crippen LogP contribution is 2.38. The fourth-order valence-corrected chi connectivity index (χ4v) is 2.54. The topological polar surface area (TPSA) is 12.5 Å². The second-order valence-corrected chi connectivity index (χ2v) is 4.14. The van der Waals surface area contributed by atoms with Gasteiger partial charge in [0.15, 0.2) is 0 Å².